The van der Waals surface area contributed by atoms with Crippen LogP contribution in [0.15, 0.2) is 30.6 Å². The molecule has 0 spiro atoms. The zero-order valence-electron chi connectivity index (χ0n) is 12.8. The number of benzene rings is 1. The Bertz CT molecular complexity index is 692. The maximum atomic E-state index is 14.6. The third kappa shape index (κ3) is 2.85. The second-order valence-electron chi connectivity index (χ2n) is 6.12. The van der Waals surface area contributed by atoms with Crippen molar-refractivity contribution in [3.63, 3.8) is 0 Å². The Balaban J connectivity index is 1.47. The minimum absolute atomic E-state index is 0.233. The Morgan fingerprint density at radius 3 is 2.17 bits per heavy atom. The van der Waals surface area contributed by atoms with E-state index < -0.39 is 0 Å². The van der Waals surface area contributed by atoms with Gasteiger partial charge in [0, 0.05) is 37.8 Å². The van der Waals surface area contributed by atoms with Gasteiger partial charge < -0.3 is 9.80 Å². The van der Waals surface area contributed by atoms with E-state index in [0.29, 0.717) is 24.6 Å². The second-order valence-corrected chi connectivity index (χ2v) is 6.12. The van der Waals surface area contributed by atoms with Crippen molar-refractivity contribution < 1.29 is 8.78 Å². The first-order chi connectivity index (χ1) is 11.2. The topological polar surface area (TPSA) is 32.3 Å². The van der Waals surface area contributed by atoms with E-state index in [1.54, 1.807) is 12.1 Å². The van der Waals surface area contributed by atoms with Gasteiger partial charge >= 0.3 is 0 Å². The van der Waals surface area contributed by atoms with Crippen molar-refractivity contribution in [3.05, 3.63) is 47.9 Å². The zero-order valence-corrected chi connectivity index (χ0v) is 12.8. The number of halogens is 2. The molecule has 6 heteroatoms. The van der Waals surface area contributed by atoms with Crippen molar-refractivity contribution in [2.75, 3.05) is 36.0 Å². The highest BCUT2D eigenvalue weighted by Crippen LogP contribution is 2.41. The molecule has 1 aromatic carbocycles. The summed E-state index contributed by atoms with van der Waals surface area (Å²) in [6.07, 6.45) is 3.51. The van der Waals surface area contributed by atoms with Crippen LogP contribution in [0, 0.1) is 11.6 Å². The minimum Gasteiger partial charge on any atom is -0.368 e. The lowest BCUT2D eigenvalue weighted by Crippen LogP contribution is -2.47. The molecular weight excluding hydrogens is 298 g/mol. The van der Waals surface area contributed by atoms with E-state index in [-0.39, 0.29) is 17.6 Å². The number of nitrogens with zero attached hydrogens (tertiary/aromatic N) is 4. The van der Waals surface area contributed by atoms with Crippen LogP contribution in [-0.4, -0.2) is 36.1 Å². The van der Waals surface area contributed by atoms with Crippen LogP contribution in [0.3, 0.4) is 0 Å². The van der Waals surface area contributed by atoms with Gasteiger partial charge in [-0.05, 0) is 37.1 Å². The Hall–Kier alpha value is -2.24. The quantitative estimate of drug-likeness (QED) is 0.871. The first kappa shape index (κ1) is 14.4. The summed E-state index contributed by atoms with van der Waals surface area (Å²) in [5.41, 5.74) is 1.56. The molecule has 0 radical (unpaired) electrons. The van der Waals surface area contributed by atoms with Crippen molar-refractivity contribution >= 4 is 11.5 Å². The van der Waals surface area contributed by atoms with Gasteiger partial charge in [0.15, 0.2) is 11.6 Å². The van der Waals surface area contributed by atoms with Gasteiger partial charge in [0.1, 0.15) is 12.1 Å². The summed E-state index contributed by atoms with van der Waals surface area (Å²) in [6, 6.07) is 6.49. The van der Waals surface area contributed by atoms with Crippen LogP contribution in [0.2, 0.25) is 0 Å². The predicted octanol–water partition coefficient (Wildman–Crippen LogP) is 2.96. The zero-order chi connectivity index (χ0) is 15.8. The third-order valence-corrected chi connectivity index (χ3v) is 4.53. The highest BCUT2D eigenvalue weighted by atomic mass is 19.1. The van der Waals surface area contributed by atoms with Crippen LogP contribution >= 0.6 is 0 Å². The number of hydrogen-bond acceptors (Lipinski definition) is 4. The van der Waals surface area contributed by atoms with E-state index in [0.717, 1.165) is 31.6 Å². The Kier molecular flexibility index (Phi) is 3.59. The maximum absolute atomic E-state index is 14.6. The SMILES string of the molecule is Fc1ccc(N2CCN(c3ncnc(C4CC4)c3F)CC2)cc1. The van der Waals surface area contributed by atoms with E-state index >= 15 is 0 Å². The number of hydrogen-bond donors (Lipinski definition) is 0. The highest BCUT2D eigenvalue weighted by molar-refractivity contribution is 5.50. The molecule has 2 aromatic rings. The molecule has 120 valence electrons. The van der Waals surface area contributed by atoms with Crippen LogP contribution in [0.4, 0.5) is 20.3 Å². The number of piperazine rings is 1. The first-order valence-electron chi connectivity index (χ1n) is 7.98. The number of rotatable bonds is 3. The fraction of sp³-hybridized carbons (Fsp3) is 0.412. The highest BCUT2D eigenvalue weighted by Gasteiger charge is 2.31. The monoisotopic (exact) mass is 316 g/mol. The fourth-order valence-corrected chi connectivity index (χ4v) is 3.06. The third-order valence-electron chi connectivity index (χ3n) is 4.53. The van der Waals surface area contributed by atoms with Gasteiger partial charge in [-0.15, -0.1) is 0 Å². The lowest BCUT2D eigenvalue weighted by Gasteiger charge is -2.36. The van der Waals surface area contributed by atoms with E-state index in [4.69, 9.17) is 0 Å². The molecule has 0 bridgehead atoms. The van der Waals surface area contributed by atoms with Crippen molar-refractivity contribution in [1.82, 2.24) is 9.97 Å². The van der Waals surface area contributed by atoms with Crippen molar-refractivity contribution in [2.24, 2.45) is 0 Å². The first-order valence-corrected chi connectivity index (χ1v) is 7.98. The van der Waals surface area contributed by atoms with Crippen LogP contribution in [0.25, 0.3) is 0 Å². The molecule has 4 nitrogen and oxygen atoms in total. The molecule has 1 saturated heterocycles. The molecule has 1 aromatic heterocycles. The molecule has 1 saturated carbocycles. The Labute approximate surface area is 133 Å². The summed E-state index contributed by atoms with van der Waals surface area (Å²) in [7, 11) is 0. The summed E-state index contributed by atoms with van der Waals surface area (Å²) in [4.78, 5) is 12.4. The molecule has 2 fully saturated rings. The molecule has 0 unspecified atom stereocenters. The van der Waals surface area contributed by atoms with Gasteiger partial charge in [-0.1, -0.05) is 0 Å². The van der Waals surface area contributed by atoms with Gasteiger partial charge in [0.2, 0.25) is 0 Å². The normalized spacial score (nSPS) is 18.3. The van der Waals surface area contributed by atoms with Crippen molar-refractivity contribution in [1.29, 1.82) is 0 Å². The van der Waals surface area contributed by atoms with Crippen LogP contribution in [-0.2, 0) is 0 Å². The minimum atomic E-state index is -0.259. The van der Waals surface area contributed by atoms with E-state index in [2.05, 4.69) is 14.9 Å². The summed E-state index contributed by atoms with van der Waals surface area (Å²) >= 11 is 0. The number of aromatic nitrogens is 2. The molecule has 0 amide bonds. The smallest absolute Gasteiger partial charge is 0.187 e. The van der Waals surface area contributed by atoms with Crippen molar-refractivity contribution in [3.8, 4) is 0 Å². The molecule has 1 aliphatic carbocycles. The van der Waals surface area contributed by atoms with Gasteiger partial charge in [0.25, 0.3) is 0 Å². The molecule has 23 heavy (non-hydrogen) atoms. The lowest BCUT2D eigenvalue weighted by molar-refractivity contribution is 0.567. The summed E-state index contributed by atoms with van der Waals surface area (Å²) in [5.74, 6) is 0.200. The largest absolute Gasteiger partial charge is 0.368 e. The van der Waals surface area contributed by atoms with E-state index in [1.807, 2.05) is 4.90 Å². The van der Waals surface area contributed by atoms with Gasteiger partial charge in [0.05, 0.1) is 5.69 Å². The molecule has 2 heterocycles. The molecule has 0 atom stereocenters. The van der Waals surface area contributed by atoms with E-state index in [1.165, 1.54) is 18.5 Å². The Morgan fingerprint density at radius 2 is 1.52 bits per heavy atom. The van der Waals surface area contributed by atoms with Gasteiger partial charge in [-0.3, -0.25) is 0 Å². The molecule has 0 N–H and O–H groups in total. The molecule has 2 aliphatic rings. The van der Waals surface area contributed by atoms with E-state index in [9.17, 15) is 8.78 Å². The summed E-state index contributed by atoms with van der Waals surface area (Å²) in [5, 5.41) is 0. The number of anilines is 2. The fourth-order valence-electron chi connectivity index (χ4n) is 3.06. The lowest BCUT2D eigenvalue weighted by atomic mass is 10.2. The van der Waals surface area contributed by atoms with Crippen molar-refractivity contribution in [2.45, 2.75) is 18.8 Å². The van der Waals surface area contributed by atoms with Crippen LogP contribution < -0.4 is 9.80 Å². The van der Waals surface area contributed by atoms with Gasteiger partial charge in [-0.25, -0.2) is 18.7 Å². The maximum Gasteiger partial charge on any atom is 0.187 e. The second kappa shape index (κ2) is 5.76. The predicted molar refractivity (Wildman–Crippen MR) is 84.8 cm³/mol. The van der Waals surface area contributed by atoms with Gasteiger partial charge in [-0.2, -0.15) is 0 Å². The summed E-state index contributed by atoms with van der Waals surface area (Å²) < 4.78 is 27.6. The molecular formula is C17H18F2N4. The molecule has 1 aliphatic heterocycles. The summed E-state index contributed by atoms with van der Waals surface area (Å²) in [6.45, 7) is 2.90. The molecule has 4 rings (SSSR count). The Morgan fingerprint density at radius 1 is 0.870 bits per heavy atom. The average Bonchev–Trinajstić information content (AvgIpc) is 3.41. The van der Waals surface area contributed by atoms with Crippen LogP contribution in [0.1, 0.15) is 24.5 Å². The average molecular weight is 316 g/mol. The van der Waals surface area contributed by atoms with Crippen LogP contribution in [0.5, 0.6) is 0 Å². The standard InChI is InChI=1S/C17H18F2N4/c18-13-3-5-14(6-4-13)22-7-9-23(10-8-22)17-15(19)16(12-1-2-12)20-11-21-17/h3-6,11-12H,1-2,7-10H2.